The Kier molecular flexibility index (Phi) is 3.83. The van der Waals surface area contributed by atoms with E-state index in [0.717, 1.165) is 38.4 Å². The summed E-state index contributed by atoms with van der Waals surface area (Å²) in [6, 6.07) is 6.53. The van der Waals surface area contributed by atoms with Crippen molar-refractivity contribution in [2.24, 2.45) is 13.0 Å². The van der Waals surface area contributed by atoms with Crippen LogP contribution in [0.25, 0.3) is 0 Å². The van der Waals surface area contributed by atoms with E-state index < -0.39 is 0 Å². The molecule has 0 saturated carbocycles. The van der Waals surface area contributed by atoms with E-state index in [1.54, 1.807) is 0 Å². The highest BCUT2D eigenvalue weighted by atomic mass is 16.5. The standard InChI is InChI=1S/C18H23N3O2/c1-20-9-15(7-19-20)17-11-21(10-16(17)12-22)8-13-2-3-18-14(6-13)4-5-23-18/h2-3,6-7,9,16-17,22H,4-5,8,10-12H2,1H3/t16-,17-/m0/s1. The number of benzene rings is 1. The molecule has 0 unspecified atom stereocenters. The van der Waals surface area contributed by atoms with Crippen LogP contribution in [0.2, 0.25) is 0 Å². The van der Waals surface area contributed by atoms with Gasteiger partial charge in [0.2, 0.25) is 0 Å². The number of aryl methyl sites for hydroxylation is 1. The molecule has 2 aliphatic rings. The van der Waals surface area contributed by atoms with Gasteiger partial charge in [-0.25, -0.2) is 0 Å². The first-order valence-electron chi connectivity index (χ1n) is 8.29. The van der Waals surface area contributed by atoms with Gasteiger partial charge in [-0.15, -0.1) is 0 Å². The lowest BCUT2D eigenvalue weighted by Crippen LogP contribution is -2.21. The number of likely N-dealkylation sites (tertiary alicyclic amines) is 1. The number of ether oxygens (including phenoxy) is 1. The fraction of sp³-hybridized carbons (Fsp3) is 0.500. The zero-order chi connectivity index (χ0) is 15.8. The number of aliphatic hydroxyl groups is 1. The molecule has 1 saturated heterocycles. The molecule has 2 aromatic rings. The molecular weight excluding hydrogens is 290 g/mol. The highest BCUT2D eigenvalue weighted by Crippen LogP contribution is 2.33. The second-order valence-electron chi connectivity index (χ2n) is 6.73. The van der Waals surface area contributed by atoms with E-state index in [2.05, 4.69) is 34.4 Å². The number of rotatable bonds is 4. The summed E-state index contributed by atoms with van der Waals surface area (Å²) in [6.45, 7) is 3.88. The van der Waals surface area contributed by atoms with Crippen LogP contribution in [0.5, 0.6) is 5.75 Å². The van der Waals surface area contributed by atoms with Crippen LogP contribution in [0.1, 0.15) is 22.6 Å². The van der Waals surface area contributed by atoms with Gasteiger partial charge in [0.1, 0.15) is 5.75 Å². The zero-order valence-corrected chi connectivity index (χ0v) is 13.5. The Bertz CT molecular complexity index is 697. The van der Waals surface area contributed by atoms with Crippen LogP contribution in [0, 0.1) is 5.92 Å². The highest BCUT2D eigenvalue weighted by molar-refractivity contribution is 5.39. The molecule has 0 radical (unpaired) electrons. The van der Waals surface area contributed by atoms with Gasteiger partial charge in [-0.2, -0.15) is 5.10 Å². The van der Waals surface area contributed by atoms with E-state index in [4.69, 9.17) is 4.74 Å². The van der Waals surface area contributed by atoms with Gasteiger partial charge in [-0.3, -0.25) is 9.58 Å². The van der Waals surface area contributed by atoms with Crippen molar-refractivity contribution in [1.29, 1.82) is 0 Å². The van der Waals surface area contributed by atoms with E-state index in [1.807, 2.05) is 17.9 Å². The van der Waals surface area contributed by atoms with E-state index >= 15 is 0 Å². The van der Waals surface area contributed by atoms with Crippen molar-refractivity contribution in [2.45, 2.75) is 18.9 Å². The monoisotopic (exact) mass is 313 g/mol. The Labute approximate surface area is 136 Å². The third-order valence-electron chi connectivity index (χ3n) is 5.06. The topological polar surface area (TPSA) is 50.5 Å². The number of aromatic nitrogens is 2. The Morgan fingerprint density at radius 2 is 2.26 bits per heavy atom. The van der Waals surface area contributed by atoms with Gasteiger partial charge in [0, 0.05) is 57.7 Å². The lowest BCUT2D eigenvalue weighted by Gasteiger charge is -2.16. The van der Waals surface area contributed by atoms with Crippen LogP contribution in [0.4, 0.5) is 0 Å². The molecule has 122 valence electrons. The Balaban J connectivity index is 1.48. The molecule has 0 spiro atoms. The third-order valence-corrected chi connectivity index (χ3v) is 5.06. The largest absolute Gasteiger partial charge is 0.493 e. The fourth-order valence-electron chi connectivity index (χ4n) is 3.88. The average Bonchev–Trinajstić information content (AvgIpc) is 3.25. The van der Waals surface area contributed by atoms with E-state index in [9.17, 15) is 5.11 Å². The molecule has 1 N–H and O–H groups in total. The normalized spacial score (nSPS) is 23.9. The molecule has 0 amide bonds. The molecular formula is C18H23N3O2. The van der Waals surface area contributed by atoms with E-state index in [0.29, 0.717) is 5.92 Å². The lowest BCUT2D eigenvalue weighted by molar-refractivity contribution is 0.214. The molecule has 0 aliphatic carbocycles. The van der Waals surface area contributed by atoms with Crippen molar-refractivity contribution in [3.05, 3.63) is 47.3 Å². The molecule has 2 atom stereocenters. The molecule has 4 rings (SSSR count). The van der Waals surface area contributed by atoms with Crippen LogP contribution in [0.15, 0.2) is 30.6 Å². The van der Waals surface area contributed by atoms with Gasteiger partial charge >= 0.3 is 0 Å². The fourth-order valence-corrected chi connectivity index (χ4v) is 3.88. The van der Waals surface area contributed by atoms with Gasteiger partial charge in [0.25, 0.3) is 0 Å². The molecule has 1 aromatic carbocycles. The molecule has 2 aliphatic heterocycles. The molecule has 3 heterocycles. The third kappa shape index (κ3) is 2.86. The summed E-state index contributed by atoms with van der Waals surface area (Å²) in [5, 5.41) is 14.0. The van der Waals surface area contributed by atoms with Crippen molar-refractivity contribution in [3.8, 4) is 5.75 Å². The maximum atomic E-state index is 9.74. The Morgan fingerprint density at radius 1 is 1.35 bits per heavy atom. The minimum absolute atomic E-state index is 0.230. The summed E-state index contributed by atoms with van der Waals surface area (Å²) in [4.78, 5) is 2.44. The minimum atomic E-state index is 0.230. The summed E-state index contributed by atoms with van der Waals surface area (Å²) in [5.41, 5.74) is 3.89. The van der Waals surface area contributed by atoms with Gasteiger partial charge in [0.15, 0.2) is 0 Å². The molecule has 23 heavy (non-hydrogen) atoms. The summed E-state index contributed by atoms with van der Waals surface area (Å²) in [6.07, 6.45) is 5.02. The summed E-state index contributed by atoms with van der Waals surface area (Å²) < 4.78 is 7.42. The first kappa shape index (κ1) is 14.7. The lowest BCUT2D eigenvalue weighted by atomic mass is 9.92. The van der Waals surface area contributed by atoms with Crippen molar-refractivity contribution in [1.82, 2.24) is 14.7 Å². The number of aliphatic hydroxyl groups excluding tert-OH is 1. The maximum absolute atomic E-state index is 9.74. The van der Waals surface area contributed by atoms with Gasteiger partial charge in [0.05, 0.1) is 12.8 Å². The van der Waals surface area contributed by atoms with Gasteiger partial charge < -0.3 is 9.84 Å². The highest BCUT2D eigenvalue weighted by Gasteiger charge is 2.34. The summed E-state index contributed by atoms with van der Waals surface area (Å²) >= 11 is 0. The minimum Gasteiger partial charge on any atom is -0.493 e. The van der Waals surface area contributed by atoms with E-state index in [-0.39, 0.29) is 12.5 Å². The number of hydrogen-bond acceptors (Lipinski definition) is 4. The predicted octanol–water partition coefficient (Wildman–Crippen LogP) is 1.56. The molecule has 5 heteroatoms. The van der Waals surface area contributed by atoms with Crippen LogP contribution in [-0.4, -0.2) is 46.1 Å². The van der Waals surface area contributed by atoms with Crippen LogP contribution in [-0.2, 0) is 20.0 Å². The smallest absolute Gasteiger partial charge is 0.122 e. The number of hydrogen-bond donors (Lipinski definition) is 1. The van der Waals surface area contributed by atoms with Crippen molar-refractivity contribution < 1.29 is 9.84 Å². The SMILES string of the molecule is Cn1cc([C@@H]2CN(Cc3ccc4c(c3)CCO4)C[C@H]2CO)cn1. The van der Waals surface area contributed by atoms with Crippen LogP contribution < -0.4 is 4.74 Å². The number of nitrogens with zero attached hydrogens (tertiary/aromatic N) is 3. The average molecular weight is 313 g/mol. The zero-order valence-electron chi connectivity index (χ0n) is 13.5. The second-order valence-corrected chi connectivity index (χ2v) is 6.73. The van der Waals surface area contributed by atoms with Crippen molar-refractivity contribution >= 4 is 0 Å². The molecule has 1 aromatic heterocycles. The van der Waals surface area contributed by atoms with Crippen molar-refractivity contribution in [2.75, 3.05) is 26.3 Å². The molecule has 0 bridgehead atoms. The maximum Gasteiger partial charge on any atom is 0.122 e. The molecule has 1 fully saturated rings. The quantitative estimate of drug-likeness (QED) is 0.931. The first-order valence-corrected chi connectivity index (χ1v) is 8.29. The van der Waals surface area contributed by atoms with Crippen LogP contribution in [0.3, 0.4) is 0 Å². The number of fused-ring (bicyclic) bond motifs is 1. The van der Waals surface area contributed by atoms with E-state index in [1.165, 1.54) is 16.7 Å². The predicted molar refractivity (Wildman–Crippen MR) is 87.4 cm³/mol. The Hall–Kier alpha value is -1.85. The van der Waals surface area contributed by atoms with Gasteiger partial charge in [-0.05, 0) is 22.8 Å². The summed E-state index contributed by atoms with van der Waals surface area (Å²) in [7, 11) is 1.94. The summed E-state index contributed by atoms with van der Waals surface area (Å²) in [5.74, 6) is 1.69. The van der Waals surface area contributed by atoms with Gasteiger partial charge in [-0.1, -0.05) is 12.1 Å². The first-order chi connectivity index (χ1) is 11.2. The van der Waals surface area contributed by atoms with Crippen LogP contribution >= 0.6 is 0 Å². The molecule has 5 nitrogen and oxygen atoms in total. The van der Waals surface area contributed by atoms with Crippen molar-refractivity contribution in [3.63, 3.8) is 0 Å². The second kappa shape index (κ2) is 5.98. The Morgan fingerprint density at radius 3 is 3.04 bits per heavy atom.